The molecule has 112 valence electrons. The van der Waals surface area contributed by atoms with Gasteiger partial charge in [0, 0.05) is 26.2 Å². The highest BCUT2D eigenvalue weighted by Crippen LogP contribution is 2.30. The Bertz CT molecular complexity index is 457. The van der Waals surface area contributed by atoms with Crippen molar-refractivity contribution in [2.45, 2.75) is 26.2 Å². The first-order valence-corrected chi connectivity index (χ1v) is 7.90. The lowest BCUT2D eigenvalue weighted by atomic mass is 10.1. The van der Waals surface area contributed by atoms with Gasteiger partial charge in [0.05, 0.1) is 6.61 Å². The van der Waals surface area contributed by atoms with E-state index < -0.39 is 0 Å². The van der Waals surface area contributed by atoms with E-state index in [1.54, 1.807) is 4.90 Å². The van der Waals surface area contributed by atoms with Crippen LogP contribution in [0.2, 0.25) is 0 Å². The summed E-state index contributed by atoms with van der Waals surface area (Å²) in [5.74, 6) is 0.164. The monoisotopic (exact) mass is 298 g/mol. The molecule has 1 fully saturated rings. The molecule has 1 saturated heterocycles. The molecule has 1 amide bonds. The summed E-state index contributed by atoms with van der Waals surface area (Å²) in [5, 5.41) is 9.83. The Morgan fingerprint density at radius 1 is 1.45 bits per heavy atom. The van der Waals surface area contributed by atoms with Gasteiger partial charge in [0.1, 0.15) is 10.7 Å². The highest BCUT2D eigenvalue weighted by molar-refractivity contribution is 7.18. The van der Waals surface area contributed by atoms with Crippen molar-refractivity contribution in [2.24, 2.45) is 0 Å². The van der Waals surface area contributed by atoms with Crippen LogP contribution >= 0.6 is 11.3 Å². The van der Waals surface area contributed by atoms with Gasteiger partial charge in [0.25, 0.3) is 5.91 Å². The van der Waals surface area contributed by atoms with Crippen LogP contribution in [0, 0.1) is 0 Å². The van der Waals surface area contributed by atoms with E-state index in [1.165, 1.54) is 17.8 Å². The number of rotatable bonds is 5. The highest BCUT2D eigenvalue weighted by atomic mass is 32.1. The molecule has 0 radical (unpaired) electrons. The molecule has 2 heterocycles. The van der Waals surface area contributed by atoms with Crippen molar-refractivity contribution < 1.29 is 9.90 Å². The summed E-state index contributed by atoms with van der Waals surface area (Å²) >= 11 is 1.36. The van der Waals surface area contributed by atoms with Gasteiger partial charge in [0.15, 0.2) is 5.13 Å². The van der Waals surface area contributed by atoms with Crippen LogP contribution in [0.15, 0.2) is 0 Å². The van der Waals surface area contributed by atoms with Gasteiger partial charge in [-0.2, -0.15) is 0 Å². The molecule has 6 nitrogen and oxygen atoms in total. The second kappa shape index (κ2) is 6.90. The van der Waals surface area contributed by atoms with Gasteiger partial charge in [-0.3, -0.25) is 4.79 Å². The second-order valence-electron chi connectivity index (χ2n) is 4.87. The van der Waals surface area contributed by atoms with E-state index in [2.05, 4.69) is 9.88 Å². The predicted octanol–water partition coefficient (Wildman–Crippen LogP) is 1.17. The molecule has 1 aromatic heterocycles. The molecule has 20 heavy (non-hydrogen) atoms. The van der Waals surface area contributed by atoms with Gasteiger partial charge in [-0.15, -0.1) is 0 Å². The SMILES string of the molecule is CCN(CCO)C(=O)c1sc(N2CCCCC2)nc1N. The van der Waals surface area contributed by atoms with Gasteiger partial charge >= 0.3 is 0 Å². The number of anilines is 2. The van der Waals surface area contributed by atoms with Crippen molar-refractivity contribution in [3.63, 3.8) is 0 Å². The Balaban J connectivity index is 2.15. The lowest BCUT2D eigenvalue weighted by Gasteiger charge is -2.25. The summed E-state index contributed by atoms with van der Waals surface area (Å²) < 4.78 is 0. The summed E-state index contributed by atoms with van der Waals surface area (Å²) in [6.45, 7) is 4.68. The number of aliphatic hydroxyl groups excluding tert-OH is 1. The Hall–Kier alpha value is -1.34. The number of piperidine rings is 1. The van der Waals surface area contributed by atoms with Crippen LogP contribution in [-0.2, 0) is 0 Å². The average molecular weight is 298 g/mol. The number of nitrogens with zero attached hydrogens (tertiary/aromatic N) is 3. The highest BCUT2D eigenvalue weighted by Gasteiger charge is 2.23. The molecule has 0 spiro atoms. The number of carbonyl (C=O) groups excluding carboxylic acids is 1. The van der Waals surface area contributed by atoms with E-state index in [9.17, 15) is 4.79 Å². The molecular formula is C13H22N4O2S. The van der Waals surface area contributed by atoms with Gasteiger partial charge in [0.2, 0.25) is 0 Å². The van der Waals surface area contributed by atoms with Crippen LogP contribution in [0.1, 0.15) is 35.9 Å². The summed E-state index contributed by atoms with van der Waals surface area (Å²) in [5.41, 5.74) is 5.90. The molecule has 0 bridgehead atoms. The molecule has 1 aliphatic heterocycles. The molecule has 0 saturated carbocycles. The molecule has 0 aliphatic carbocycles. The zero-order valence-electron chi connectivity index (χ0n) is 11.8. The summed E-state index contributed by atoms with van der Waals surface area (Å²) in [6, 6.07) is 0. The Labute approximate surface area is 123 Å². The quantitative estimate of drug-likeness (QED) is 0.852. The fourth-order valence-corrected chi connectivity index (χ4v) is 3.37. The fraction of sp³-hybridized carbons (Fsp3) is 0.692. The molecule has 3 N–H and O–H groups in total. The maximum absolute atomic E-state index is 12.4. The Kier molecular flexibility index (Phi) is 5.19. The minimum absolute atomic E-state index is 0.0444. The lowest BCUT2D eigenvalue weighted by molar-refractivity contribution is 0.0737. The fourth-order valence-electron chi connectivity index (χ4n) is 2.36. The number of carbonyl (C=O) groups is 1. The normalized spacial score (nSPS) is 15.4. The van der Waals surface area contributed by atoms with Crippen molar-refractivity contribution in [1.82, 2.24) is 9.88 Å². The Morgan fingerprint density at radius 2 is 2.15 bits per heavy atom. The standard InChI is InChI=1S/C13H22N4O2S/c1-2-16(8-9-18)12(19)10-11(14)15-13(20-10)17-6-4-3-5-7-17/h18H,2-9,14H2,1H3. The topological polar surface area (TPSA) is 82.7 Å². The molecule has 0 atom stereocenters. The number of aliphatic hydroxyl groups is 1. The lowest BCUT2D eigenvalue weighted by Crippen LogP contribution is -2.33. The van der Waals surface area contributed by atoms with Crippen LogP contribution in [0.25, 0.3) is 0 Å². The number of aromatic nitrogens is 1. The maximum Gasteiger partial charge on any atom is 0.267 e. The molecule has 7 heteroatoms. The molecule has 0 unspecified atom stereocenters. The van der Waals surface area contributed by atoms with Crippen LogP contribution in [0.5, 0.6) is 0 Å². The minimum atomic E-state index is -0.139. The van der Waals surface area contributed by atoms with Crippen LogP contribution < -0.4 is 10.6 Å². The molecule has 0 aromatic carbocycles. The summed E-state index contributed by atoms with van der Waals surface area (Å²) in [7, 11) is 0. The largest absolute Gasteiger partial charge is 0.395 e. The third-order valence-corrected chi connectivity index (χ3v) is 4.62. The number of thiazole rings is 1. The van der Waals surface area contributed by atoms with Gasteiger partial charge in [-0.25, -0.2) is 4.98 Å². The zero-order valence-corrected chi connectivity index (χ0v) is 12.7. The molecule has 2 rings (SSSR count). The maximum atomic E-state index is 12.4. The number of hydrogen-bond acceptors (Lipinski definition) is 6. The first-order valence-electron chi connectivity index (χ1n) is 7.08. The number of hydrogen-bond donors (Lipinski definition) is 2. The number of nitrogen functional groups attached to an aromatic ring is 1. The summed E-state index contributed by atoms with van der Waals surface area (Å²) in [6.07, 6.45) is 3.58. The van der Waals surface area contributed by atoms with Gasteiger partial charge < -0.3 is 20.6 Å². The zero-order chi connectivity index (χ0) is 14.5. The van der Waals surface area contributed by atoms with E-state index >= 15 is 0 Å². The smallest absolute Gasteiger partial charge is 0.267 e. The van der Waals surface area contributed by atoms with Crippen molar-refractivity contribution in [3.8, 4) is 0 Å². The first-order chi connectivity index (χ1) is 9.67. The van der Waals surface area contributed by atoms with E-state index in [1.807, 2.05) is 6.92 Å². The molecular weight excluding hydrogens is 276 g/mol. The predicted molar refractivity (Wildman–Crippen MR) is 81.3 cm³/mol. The molecule has 1 aliphatic rings. The van der Waals surface area contributed by atoms with Gasteiger partial charge in [-0.05, 0) is 26.2 Å². The van der Waals surface area contributed by atoms with Crippen molar-refractivity contribution in [1.29, 1.82) is 0 Å². The third kappa shape index (κ3) is 3.21. The van der Waals surface area contributed by atoms with E-state index in [0.29, 0.717) is 23.8 Å². The van der Waals surface area contributed by atoms with Crippen molar-refractivity contribution in [3.05, 3.63) is 4.88 Å². The van der Waals surface area contributed by atoms with Crippen LogP contribution in [-0.4, -0.2) is 53.7 Å². The molecule has 1 aromatic rings. The van der Waals surface area contributed by atoms with Crippen LogP contribution in [0.3, 0.4) is 0 Å². The third-order valence-electron chi connectivity index (χ3n) is 3.50. The number of nitrogens with two attached hydrogens (primary N) is 1. The van der Waals surface area contributed by atoms with E-state index in [4.69, 9.17) is 10.8 Å². The first kappa shape index (κ1) is 15.1. The summed E-state index contributed by atoms with van der Waals surface area (Å²) in [4.78, 5) is 21.0. The van der Waals surface area contributed by atoms with Gasteiger partial charge in [-0.1, -0.05) is 11.3 Å². The van der Waals surface area contributed by atoms with Crippen molar-refractivity contribution >= 4 is 28.2 Å². The second-order valence-corrected chi connectivity index (χ2v) is 5.84. The number of likely N-dealkylation sites (N-methyl/N-ethyl adjacent to an activating group) is 1. The average Bonchev–Trinajstić information content (AvgIpc) is 2.87. The van der Waals surface area contributed by atoms with E-state index in [-0.39, 0.29) is 12.5 Å². The van der Waals surface area contributed by atoms with E-state index in [0.717, 1.165) is 31.1 Å². The number of amides is 1. The Morgan fingerprint density at radius 3 is 2.75 bits per heavy atom. The minimum Gasteiger partial charge on any atom is -0.395 e. The van der Waals surface area contributed by atoms with Crippen molar-refractivity contribution in [2.75, 3.05) is 43.4 Å². The van der Waals surface area contributed by atoms with Crippen LogP contribution in [0.4, 0.5) is 10.9 Å².